The first-order valence-electron chi connectivity index (χ1n) is 4.56. The Morgan fingerprint density at radius 1 is 1.43 bits per heavy atom. The predicted octanol–water partition coefficient (Wildman–Crippen LogP) is -1.28. The molecule has 0 aromatic heterocycles. The van der Waals surface area contributed by atoms with Crippen LogP contribution in [0.3, 0.4) is 0 Å². The second-order valence-electron chi connectivity index (χ2n) is 2.93. The standard InChI is InChI=1S/C8H18N4O2/c1-3-10-8(14)11-7(13)6-12(2)5-4-9/h3-6,9H2,1-2H3,(H2,10,11,13,14). The van der Waals surface area contributed by atoms with E-state index in [-0.39, 0.29) is 12.5 Å². The minimum atomic E-state index is -0.460. The van der Waals surface area contributed by atoms with Gasteiger partial charge < -0.3 is 11.1 Å². The molecule has 0 bridgehead atoms. The highest BCUT2D eigenvalue weighted by molar-refractivity contribution is 5.95. The van der Waals surface area contributed by atoms with Crippen LogP contribution in [0, 0.1) is 0 Å². The van der Waals surface area contributed by atoms with Gasteiger partial charge in [0.1, 0.15) is 0 Å². The average molecular weight is 202 g/mol. The van der Waals surface area contributed by atoms with Crippen molar-refractivity contribution < 1.29 is 9.59 Å². The Morgan fingerprint density at radius 2 is 2.07 bits per heavy atom. The monoisotopic (exact) mass is 202 g/mol. The van der Waals surface area contributed by atoms with Crippen LogP contribution in [0.1, 0.15) is 6.92 Å². The molecule has 0 rings (SSSR count). The second-order valence-corrected chi connectivity index (χ2v) is 2.93. The van der Waals surface area contributed by atoms with Gasteiger partial charge in [-0.2, -0.15) is 0 Å². The number of urea groups is 1. The van der Waals surface area contributed by atoms with Crippen LogP contribution in [0.2, 0.25) is 0 Å². The molecule has 0 aliphatic rings. The summed E-state index contributed by atoms with van der Waals surface area (Å²) in [6, 6.07) is -0.460. The maximum absolute atomic E-state index is 11.2. The van der Waals surface area contributed by atoms with E-state index >= 15 is 0 Å². The van der Waals surface area contributed by atoms with Gasteiger partial charge in [-0.1, -0.05) is 0 Å². The van der Waals surface area contributed by atoms with Crippen molar-refractivity contribution in [1.29, 1.82) is 0 Å². The van der Waals surface area contributed by atoms with Crippen molar-refractivity contribution in [1.82, 2.24) is 15.5 Å². The number of rotatable bonds is 5. The molecule has 0 aliphatic heterocycles. The SMILES string of the molecule is CCNC(=O)NC(=O)CN(C)CCN. The van der Waals surface area contributed by atoms with Crippen molar-refractivity contribution in [2.45, 2.75) is 6.92 Å². The number of imide groups is 1. The van der Waals surface area contributed by atoms with E-state index in [0.717, 1.165) is 0 Å². The van der Waals surface area contributed by atoms with E-state index in [9.17, 15) is 9.59 Å². The van der Waals surface area contributed by atoms with Crippen LogP contribution in [-0.4, -0.2) is 50.1 Å². The van der Waals surface area contributed by atoms with Gasteiger partial charge in [-0.25, -0.2) is 4.79 Å². The Hall–Kier alpha value is -1.14. The molecule has 3 amide bonds. The molecule has 0 heterocycles. The highest BCUT2D eigenvalue weighted by atomic mass is 16.2. The van der Waals surface area contributed by atoms with Crippen molar-refractivity contribution >= 4 is 11.9 Å². The Kier molecular flexibility index (Phi) is 6.69. The van der Waals surface area contributed by atoms with E-state index in [1.165, 1.54) is 0 Å². The average Bonchev–Trinajstić information content (AvgIpc) is 2.03. The molecule has 0 aliphatic carbocycles. The minimum absolute atomic E-state index is 0.175. The molecule has 0 spiro atoms. The fourth-order valence-corrected chi connectivity index (χ4v) is 0.916. The fraction of sp³-hybridized carbons (Fsp3) is 0.750. The number of hydrogen-bond donors (Lipinski definition) is 3. The van der Waals surface area contributed by atoms with Gasteiger partial charge >= 0.3 is 6.03 Å². The van der Waals surface area contributed by atoms with Crippen molar-refractivity contribution in [2.75, 3.05) is 33.2 Å². The summed E-state index contributed by atoms with van der Waals surface area (Å²) in [4.78, 5) is 23.8. The molecule has 0 atom stereocenters. The first-order chi connectivity index (χ1) is 6.60. The van der Waals surface area contributed by atoms with Crippen molar-refractivity contribution in [2.24, 2.45) is 5.73 Å². The third-order valence-electron chi connectivity index (χ3n) is 1.51. The zero-order chi connectivity index (χ0) is 11.0. The van der Waals surface area contributed by atoms with Crippen LogP contribution in [-0.2, 0) is 4.79 Å². The number of amides is 3. The Bertz CT molecular complexity index is 196. The number of hydrogen-bond acceptors (Lipinski definition) is 4. The number of nitrogens with two attached hydrogens (primary N) is 1. The molecule has 6 heteroatoms. The summed E-state index contributed by atoms with van der Waals surface area (Å²) >= 11 is 0. The lowest BCUT2D eigenvalue weighted by atomic mass is 10.5. The van der Waals surface area contributed by atoms with Crippen LogP contribution >= 0.6 is 0 Å². The van der Waals surface area contributed by atoms with E-state index in [0.29, 0.717) is 19.6 Å². The summed E-state index contributed by atoms with van der Waals surface area (Å²) in [7, 11) is 1.77. The van der Waals surface area contributed by atoms with Gasteiger partial charge in [0.25, 0.3) is 0 Å². The number of carbonyl (C=O) groups is 2. The van der Waals surface area contributed by atoms with Crippen LogP contribution in [0.4, 0.5) is 4.79 Å². The molecule has 0 radical (unpaired) electrons. The molecule has 0 saturated heterocycles. The van der Waals surface area contributed by atoms with Gasteiger partial charge in [-0.3, -0.25) is 15.0 Å². The number of likely N-dealkylation sites (N-methyl/N-ethyl adjacent to an activating group) is 1. The number of nitrogens with zero attached hydrogens (tertiary/aromatic N) is 1. The second kappa shape index (κ2) is 7.28. The van der Waals surface area contributed by atoms with Crippen LogP contribution in [0.25, 0.3) is 0 Å². The molecule has 0 saturated carbocycles. The summed E-state index contributed by atoms with van der Waals surface area (Å²) in [6.45, 7) is 3.57. The molecule has 0 fully saturated rings. The third-order valence-corrected chi connectivity index (χ3v) is 1.51. The molecule has 6 nitrogen and oxygen atoms in total. The minimum Gasteiger partial charge on any atom is -0.338 e. The predicted molar refractivity (Wildman–Crippen MR) is 53.8 cm³/mol. The smallest absolute Gasteiger partial charge is 0.321 e. The summed E-state index contributed by atoms with van der Waals surface area (Å²) < 4.78 is 0. The summed E-state index contributed by atoms with van der Waals surface area (Å²) in [5.74, 6) is -0.327. The summed E-state index contributed by atoms with van der Waals surface area (Å²) in [5, 5.41) is 4.67. The Balaban J connectivity index is 3.69. The third kappa shape index (κ3) is 6.38. The molecular weight excluding hydrogens is 184 g/mol. The van der Waals surface area contributed by atoms with Gasteiger partial charge in [0.15, 0.2) is 0 Å². The van der Waals surface area contributed by atoms with Crippen LogP contribution in [0.5, 0.6) is 0 Å². The van der Waals surface area contributed by atoms with Gasteiger partial charge in [-0.15, -0.1) is 0 Å². The number of nitrogens with one attached hydrogen (secondary N) is 2. The maximum Gasteiger partial charge on any atom is 0.321 e. The highest BCUT2D eigenvalue weighted by Gasteiger charge is 2.08. The maximum atomic E-state index is 11.2. The quantitative estimate of drug-likeness (QED) is 0.518. The molecule has 4 N–H and O–H groups in total. The van der Waals surface area contributed by atoms with Crippen molar-refractivity contribution in [3.63, 3.8) is 0 Å². The fourth-order valence-electron chi connectivity index (χ4n) is 0.916. The topological polar surface area (TPSA) is 87.5 Å². The Morgan fingerprint density at radius 3 is 2.57 bits per heavy atom. The first-order valence-corrected chi connectivity index (χ1v) is 4.56. The molecule has 0 aromatic carbocycles. The van der Waals surface area contributed by atoms with Gasteiger partial charge in [0, 0.05) is 19.6 Å². The Labute approximate surface area is 83.8 Å². The zero-order valence-corrected chi connectivity index (χ0v) is 8.67. The summed E-state index contributed by atoms with van der Waals surface area (Å²) in [5.41, 5.74) is 5.30. The zero-order valence-electron chi connectivity index (χ0n) is 8.67. The van der Waals surface area contributed by atoms with Crippen LogP contribution < -0.4 is 16.4 Å². The lowest BCUT2D eigenvalue weighted by Gasteiger charge is -2.14. The number of carbonyl (C=O) groups excluding carboxylic acids is 2. The van der Waals surface area contributed by atoms with Crippen molar-refractivity contribution in [3.05, 3.63) is 0 Å². The largest absolute Gasteiger partial charge is 0.338 e. The van der Waals surface area contributed by atoms with E-state index < -0.39 is 6.03 Å². The van der Waals surface area contributed by atoms with E-state index in [1.807, 2.05) is 0 Å². The van der Waals surface area contributed by atoms with Gasteiger partial charge in [0.05, 0.1) is 6.54 Å². The first kappa shape index (κ1) is 12.9. The molecule has 82 valence electrons. The summed E-state index contributed by atoms with van der Waals surface area (Å²) in [6.07, 6.45) is 0. The van der Waals surface area contributed by atoms with Crippen molar-refractivity contribution in [3.8, 4) is 0 Å². The molecular formula is C8H18N4O2. The lowest BCUT2D eigenvalue weighted by molar-refractivity contribution is -0.120. The normalized spacial score (nSPS) is 10.0. The van der Waals surface area contributed by atoms with Gasteiger partial charge in [-0.05, 0) is 14.0 Å². The lowest BCUT2D eigenvalue weighted by Crippen LogP contribution is -2.44. The van der Waals surface area contributed by atoms with E-state index in [1.54, 1.807) is 18.9 Å². The van der Waals surface area contributed by atoms with Crippen LogP contribution in [0.15, 0.2) is 0 Å². The molecule has 14 heavy (non-hydrogen) atoms. The van der Waals surface area contributed by atoms with Gasteiger partial charge in [0.2, 0.25) is 5.91 Å². The van der Waals surface area contributed by atoms with E-state index in [4.69, 9.17) is 5.73 Å². The van der Waals surface area contributed by atoms with E-state index in [2.05, 4.69) is 10.6 Å². The highest BCUT2D eigenvalue weighted by Crippen LogP contribution is 1.79. The molecule has 0 aromatic rings. The molecule has 0 unspecified atom stereocenters.